The molecule has 0 aromatic heterocycles. The highest BCUT2D eigenvalue weighted by molar-refractivity contribution is 5.93. The molecule has 0 radical (unpaired) electrons. The van der Waals surface area contributed by atoms with Crippen molar-refractivity contribution < 1.29 is 9.59 Å². The highest BCUT2D eigenvalue weighted by atomic mass is 16.2. The smallest absolute Gasteiger partial charge is 0.317 e. The molecule has 130 valence electrons. The Hall–Kier alpha value is -2.04. The van der Waals surface area contributed by atoms with Crippen LogP contribution in [-0.4, -0.2) is 36.0 Å². The average Bonchev–Trinajstić information content (AvgIpc) is 3.00. The van der Waals surface area contributed by atoms with Crippen LogP contribution in [0.2, 0.25) is 0 Å². The van der Waals surface area contributed by atoms with E-state index in [1.54, 1.807) is 0 Å². The fourth-order valence-corrected chi connectivity index (χ4v) is 3.75. The maximum Gasteiger partial charge on any atom is 0.317 e. The molecule has 5 nitrogen and oxygen atoms in total. The number of piperidine rings is 1. The number of carbonyl (C=O) groups is 2. The Balaban J connectivity index is 1.53. The number of carbonyl (C=O) groups excluding carboxylic acids is 2. The summed E-state index contributed by atoms with van der Waals surface area (Å²) in [7, 11) is 0. The van der Waals surface area contributed by atoms with Gasteiger partial charge in [0, 0.05) is 24.8 Å². The monoisotopic (exact) mass is 329 g/mol. The van der Waals surface area contributed by atoms with Crippen LogP contribution in [0.3, 0.4) is 0 Å². The average molecular weight is 329 g/mol. The van der Waals surface area contributed by atoms with Gasteiger partial charge >= 0.3 is 6.03 Å². The molecule has 2 fully saturated rings. The maximum atomic E-state index is 12.5. The van der Waals surface area contributed by atoms with E-state index in [2.05, 4.69) is 17.6 Å². The van der Waals surface area contributed by atoms with Crippen molar-refractivity contribution in [2.24, 2.45) is 11.8 Å². The molecule has 1 heterocycles. The van der Waals surface area contributed by atoms with Crippen LogP contribution in [-0.2, 0) is 4.79 Å². The lowest BCUT2D eigenvalue weighted by molar-refractivity contribution is -0.121. The third-order valence-corrected chi connectivity index (χ3v) is 5.29. The molecular weight excluding hydrogens is 302 g/mol. The fraction of sp³-hybridized carbons (Fsp3) is 0.579. The van der Waals surface area contributed by atoms with E-state index >= 15 is 0 Å². The number of amides is 3. The second-order valence-electron chi connectivity index (χ2n) is 7.10. The SMILES string of the molecule is CC1CCCC1NC(=O)N1CCCC(C(=O)Nc2ccccc2)C1. The van der Waals surface area contributed by atoms with Crippen molar-refractivity contribution in [3.63, 3.8) is 0 Å². The van der Waals surface area contributed by atoms with Crippen LogP contribution in [0.1, 0.15) is 39.0 Å². The molecule has 1 saturated heterocycles. The molecule has 3 rings (SSSR count). The van der Waals surface area contributed by atoms with Gasteiger partial charge in [0.15, 0.2) is 0 Å². The molecule has 0 spiro atoms. The predicted octanol–water partition coefficient (Wildman–Crippen LogP) is 3.24. The molecule has 5 heteroatoms. The van der Waals surface area contributed by atoms with E-state index in [0.29, 0.717) is 12.5 Å². The molecule has 0 bridgehead atoms. The van der Waals surface area contributed by atoms with Gasteiger partial charge in [-0.25, -0.2) is 4.79 Å². The van der Waals surface area contributed by atoms with Gasteiger partial charge in [-0.3, -0.25) is 4.79 Å². The molecule has 24 heavy (non-hydrogen) atoms. The maximum absolute atomic E-state index is 12.5. The number of para-hydroxylation sites is 1. The van der Waals surface area contributed by atoms with Gasteiger partial charge in [0.05, 0.1) is 5.92 Å². The van der Waals surface area contributed by atoms with E-state index in [4.69, 9.17) is 0 Å². The molecule has 1 aliphatic carbocycles. The van der Waals surface area contributed by atoms with Crippen LogP contribution in [0, 0.1) is 11.8 Å². The highest BCUT2D eigenvalue weighted by Gasteiger charge is 2.31. The highest BCUT2D eigenvalue weighted by Crippen LogP contribution is 2.25. The minimum Gasteiger partial charge on any atom is -0.335 e. The summed E-state index contributed by atoms with van der Waals surface area (Å²) in [6.45, 7) is 3.44. The molecule has 3 unspecified atom stereocenters. The van der Waals surface area contributed by atoms with Gasteiger partial charge in [-0.2, -0.15) is 0 Å². The lowest BCUT2D eigenvalue weighted by Crippen LogP contribution is -2.50. The van der Waals surface area contributed by atoms with E-state index in [1.807, 2.05) is 35.2 Å². The van der Waals surface area contributed by atoms with Crippen molar-refractivity contribution in [2.45, 2.75) is 45.1 Å². The lowest BCUT2D eigenvalue weighted by Gasteiger charge is -2.33. The summed E-state index contributed by atoms with van der Waals surface area (Å²) in [6.07, 6.45) is 5.16. The van der Waals surface area contributed by atoms with E-state index < -0.39 is 0 Å². The quantitative estimate of drug-likeness (QED) is 0.894. The van der Waals surface area contributed by atoms with Crippen LogP contribution in [0.4, 0.5) is 10.5 Å². The zero-order chi connectivity index (χ0) is 16.9. The third-order valence-electron chi connectivity index (χ3n) is 5.29. The summed E-state index contributed by atoms with van der Waals surface area (Å²) in [6, 6.07) is 9.77. The number of nitrogens with one attached hydrogen (secondary N) is 2. The zero-order valence-corrected chi connectivity index (χ0v) is 14.3. The van der Waals surface area contributed by atoms with Gasteiger partial charge in [0.1, 0.15) is 0 Å². The predicted molar refractivity (Wildman–Crippen MR) is 94.7 cm³/mol. The van der Waals surface area contributed by atoms with Crippen molar-refractivity contribution in [3.05, 3.63) is 30.3 Å². The van der Waals surface area contributed by atoms with Gasteiger partial charge in [-0.1, -0.05) is 31.5 Å². The summed E-state index contributed by atoms with van der Waals surface area (Å²) in [5.74, 6) is 0.426. The molecule has 3 atom stereocenters. The van der Waals surface area contributed by atoms with Crippen LogP contribution in [0.5, 0.6) is 0 Å². The Kier molecular flexibility index (Phi) is 5.38. The molecule has 1 aromatic rings. The Bertz CT molecular complexity index is 575. The van der Waals surface area contributed by atoms with Crippen molar-refractivity contribution in [2.75, 3.05) is 18.4 Å². The molecule has 2 aliphatic rings. The van der Waals surface area contributed by atoms with Gasteiger partial charge < -0.3 is 15.5 Å². The second-order valence-corrected chi connectivity index (χ2v) is 7.10. The Morgan fingerprint density at radius 3 is 2.58 bits per heavy atom. The number of benzene rings is 1. The number of rotatable bonds is 3. The molecule has 1 aliphatic heterocycles. The van der Waals surface area contributed by atoms with E-state index in [1.165, 1.54) is 12.8 Å². The number of likely N-dealkylation sites (tertiary alicyclic amines) is 1. The molecule has 2 N–H and O–H groups in total. The van der Waals surface area contributed by atoms with Crippen LogP contribution >= 0.6 is 0 Å². The molecule has 1 saturated carbocycles. The van der Waals surface area contributed by atoms with Crippen molar-refractivity contribution in [3.8, 4) is 0 Å². The van der Waals surface area contributed by atoms with E-state index in [-0.39, 0.29) is 23.9 Å². The van der Waals surface area contributed by atoms with E-state index in [9.17, 15) is 9.59 Å². The Morgan fingerprint density at radius 1 is 1.08 bits per heavy atom. The largest absolute Gasteiger partial charge is 0.335 e. The fourth-order valence-electron chi connectivity index (χ4n) is 3.75. The van der Waals surface area contributed by atoms with Crippen molar-refractivity contribution in [1.29, 1.82) is 0 Å². The van der Waals surface area contributed by atoms with Gasteiger partial charge in [0.25, 0.3) is 0 Å². The first kappa shape index (κ1) is 16.8. The van der Waals surface area contributed by atoms with Crippen LogP contribution in [0.15, 0.2) is 30.3 Å². The second kappa shape index (κ2) is 7.69. The first-order chi connectivity index (χ1) is 11.6. The minimum atomic E-state index is -0.134. The number of urea groups is 1. The van der Waals surface area contributed by atoms with Gasteiger partial charge in [-0.15, -0.1) is 0 Å². The summed E-state index contributed by atoms with van der Waals surface area (Å²) in [4.78, 5) is 26.8. The molecule has 1 aromatic carbocycles. The normalized spacial score (nSPS) is 26.9. The minimum absolute atomic E-state index is 0.00735. The number of hydrogen-bond acceptors (Lipinski definition) is 2. The number of hydrogen-bond donors (Lipinski definition) is 2. The zero-order valence-electron chi connectivity index (χ0n) is 14.3. The molecular formula is C19H27N3O2. The summed E-state index contributed by atoms with van der Waals surface area (Å²) in [5.41, 5.74) is 0.809. The first-order valence-electron chi connectivity index (χ1n) is 9.05. The van der Waals surface area contributed by atoms with Crippen LogP contribution in [0.25, 0.3) is 0 Å². The third kappa shape index (κ3) is 4.08. The van der Waals surface area contributed by atoms with Gasteiger partial charge in [0.2, 0.25) is 5.91 Å². The molecule has 3 amide bonds. The lowest BCUT2D eigenvalue weighted by atomic mass is 9.97. The standard InChI is InChI=1S/C19H27N3O2/c1-14-7-5-11-17(14)21-19(24)22-12-6-8-15(13-22)18(23)20-16-9-3-2-4-10-16/h2-4,9-10,14-15,17H,5-8,11-13H2,1H3,(H,20,23)(H,21,24). The van der Waals surface area contributed by atoms with Crippen molar-refractivity contribution >= 4 is 17.6 Å². The summed E-state index contributed by atoms with van der Waals surface area (Å²) in [5, 5.41) is 6.12. The van der Waals surface area contributed by atoms with Crippen LogP contribution < -0.4 is 10.6 Å². The Labute approximate surface area is 143 Å². The first-order valence-corrected chi connectivity index (χ1v) is 9.05. The van der Waals surface area contributed by atoms with Crippen molar-refractivity contribution in [1.82, 2.24) is 10.2 Å². The topological polar surface area (TPSA) is 61.4 Å². The van der Waals surface area contributed by atoms with Gasteiger partial charge in [-0.05, 0) is 43.7 Å². The number of nitrogens with zero attached hydrogens (tertiary/aromatic N) is 1. The Morgan fingerprint density at radius 2 is 1.88 bits per heavy atom. The number of anilines is 1. The summed E-state index contributed by atoms with van der Waals surface area (Å²) >= 11 is 0. The summed E-state index contributed by atoms with van der Waals surface area (Å²) < 4.78 is 0. The van der Waals surface area contributed by atoms with E-state index in [0.717, 1.165) is 31.5 Å².